The van der Waals surface area contributed by atoms with Crippen molar-refractivity contribution < 1.29 is 9.53 Å². The van der Waals surface area contributed by atoms with Crippen LogP contribution >= 0.6 is 15.9 Å². The number of carbonyl (C=O) groups excluding carboxylic acids is 1. The van der Waals surface area contributed by atoms with Gasteiger partial charge in [0.15, 0.2) is 0 Å². The zero-order valence-corrected chi connectivity index (χ0v) is 15.0. The number of nitrogens with zero attached hydrogens (tertiary/aromatic N) is 1. The fourth-order valence-electron chi connectivity index (χ4n) is 2.91. The summed E-state index contributed by atoms with van der Waals surface area (Å²) in [6, 6.07) is 17.9. The van der Waals surface area contributed by atoms with Crippen molar-refractivity contribution in [2.45, 2.75) is 6.04 Å². The highest BCUT2D eigenvalue weighted by Gasteiger charge is 2.23. The van der Waals surface area contributed by atoms with Crippen LogP contribution in [0, 0.1) is 0 Å². The normalized spacial score (nSPS) is 16.5. The molecule has 2 aromatic carbocycles. The van der Waals surface area contributed by atoms with E-state index < -0.39 is 0 Å². The largest absolute Gasteiger partial charge is 0.379 e. The van der Waals surface area contributed by atoms with Gasteiger partial charge in [0.05, 0.1) is 19.3 Å². The Bertz CT molecular complexity index is 655. The van der Waals surface area contributed by atoms with Crippen molar-refractivity contribution in [2.24, 2.45) is 0 Å². The first-order chi connectivity index (χ1) is 11.7. The second kappa shape index (κ2) is 8.42. The third-order valence-electron chi connectivity index (χ3n) is 4.23. The lowest BCUT2D eigenvalue weighted by Crippen LogP contribution is -2.43. The van der Waals surface area contributed by atoms with E-state index >= 15 is 0 Å². The number of nitrogens with one attached hydrogen (secondary N) is 1. The Labute approximate surface area is 150 Å². The molecule has 1 atom stereocenters. The van der Waals surface area contributed by atoms with Crippen molar-refractivity contribution >= 4 is 21.8 Å². The lowest BCUT2D eigenvalue weighted by atomic mass is 10.0. The molecule has 5 heteroatoms. The Kier molecular flexibility index (Phi) is 6.01. The summed E-state index contributed by atoms with van der Waals surface area (Å²) >= 11 is 3.39. The smallest absolute Gasteiger partial charge is 0.251 e. The molecule has 3 rings (SSSR count). The minimum Gasteiger partial charge on any atom is -0.379 e. The summed E-state index contributed by atoms with van der Waals surface area (Å²) in [5.41, 5.74) is 1.89. The highest BCUT2D eigenvalue weighted by atomic mass is 79.9. The number of benzene rings is 2. The molecule has 1 saturated heterocycles. The molecule has 0 aromatic heterocycles. The van der Waals surface area contributed by atoms with Gasteiger partial charge in [-0.1, -0.05) is 46.3 Å². The average molecular weight is 389 g/mol. The fourth-order valence-corrected chi connectivity index (χ4v) is 3.18. The SMILES string of the molecule is O=C(NC[C@H](c1ccccc1)N1CCOCC1)c1ccc(Br)cc1. The van der Waals surface area contributed by atoms with E-state index in [1.54, 1.807) is 0 Å². The van der Waals surface area contributed by atoms with Crippen molar-refractivity contribution in [3.05, 3.63) is 70.2 Å². The number of hydrogen-bond acceptors (Lipinski definition) is 3. The van der Waals surface area contributed by atoms with E-state index in [0.29, 0.717) is 12.1 Å². The third-order valence-corrected chi connectivity index (χ3v) is 4.76. The summed E-state index contributed by atoms with van der Waals surface area (Å²) in [6.07, 6.45) is 0. The maximum Gasteiger partial charge on any atom is 0.251 e. The van der Waals surface area contributed by atoms with Gasteiger partial charge in [-0.15, -0.1) is 0 Å². The van der Waals surface area contributed by atoms with Crippen LogP contribution in [0.1, 0.15) is 22.0 Å². The van der Waals surface area contributed by atoms with Crippen molar-refractivity contribution in [1.29, 1.82) is 0 Å². The molecule has 0 radical (unpaired) electrons. The Morgan fingerprint density at radius 2 is 1.75 bits per heavy atom. The van der Waals surface area contributed by atoms with Crippen LogP contribution in [-0.4, -0.2) is 43.7 Å². The molecule has 1 N–H and O–H groups in total. The van der Waals surface area contributed by atoms with E-state index in [2.05, 4.69) is 38.3 Å². The lowest BCUT2D eigenvalue weighted by Gasteiger charge is -2.35. The maximum absolute atomic E-state index is 12.4. The zero-order chi connectivity index (χ0) is 16.8. The van der Waals surface area contributed by atoms with Crippen LogP contribution in [0.4, 0.5) is 0 Å². The van der Waals surface area contributed by atoms with E-state index in [-0.39, 0.29) is 11.9 Å². The third kappa shape index (κ3) is 4.44. The Balaban J connectivity index is 1.69. The molecule has 126 valence electrons. The predicted octanol–water partition coefficient (Wildman–Crippen LogP) is 3.25. The minimum atomic E-state index is -0.0447. The standard InChI is InChI=1S/C19H21BrN2O2/c20-17-8-6-16(7-9-17)19(23)21-14-18(15-4-2-1-3-5-15)22-10-12-24-13-11-22/h1-9,18H,10-14H2,(H,21,23)/t18-/m1/s1. The second-order valence-electron chi connectivity index (χ2n) is 5.79. The van der Waals surface area contributed by atoms with Gasteiger partial charge in [0.1, 0.15) is 0 Å². The van der Waals surface area contributed by atoms with Crippen LogP contribution in [0.25, 0.3) is 0 Å². The van der Waals surface area contributed by atoms with Crippen LogP contribution in [0.15, 0.2) is 59.1 Å². The van der Waals surface area contributed by atoms with Crippen LogP contribution in [0.2, 0.25) is 0 Å². The van der Waals surface area contributed by atoms with E-state index in [9.17, 15) is 4.79 Å². The lowest BCUT2D eigenvalue weighted by molar-refractivity contribution is 0.0162. The average Bonchev–Trinajstić information content (AvgIpc) is 2.64. The minimum absolute atomic E-state index is 0.0447. The zero-order valence-electron chi connectivity index (χ0n) is 13.5. The molecule has 1 fully saturated rings. The van der Waals surface area contributed by atoms with Crippen LogP contribution in [-0.2, 0) is 4.74 Å². The van der Waals surface area contributed by atoms with Crippen molar-refractivity contribution in [3.8, 4) is 0 Å². The number of ether oxygens (including phenoxy) is 1. The van der Waals surface area contributed by atoms with Gasteiger partial charge < -0.3 is 10.1 Å². The Morgan fingerprint density at radius 3 is 2.42 bits per heavy atom. The summed E-state index contributed by atoms with van der Waals surface area (Å²) in [5, 5.41) is 3.08. The molecule has 2 aromatic rings. The molecule has 4 nitrogen and oxygen atoms in total. The van der Waals surface area contributed by atoms with Gasteiger partial charge in [-0.2, -0.15) is 0 Å². The highest BCUT2D eigenvalue weighted by molar-refractivity contribution is 9.10. The number of amides is 1. The van der Waals surface area contributed by atoms with Crippen molar-refractivity contribution in [1.82, 2.24) is 10.2 Å². The van der Waals surface area contributed by atoms with E-state index in [0.717, 1.165) is 30.8 Å². The molecule has 1 heterocycles. The summed E-state index contributed by atoms with van der Waals surface area (Å²) < 4.78 is 6.43. The topological polar surface area (TPSA) is 41.6 Å². The maximum atomic E-state index is 12.4. The molecule has 0 aliphatic carbocycles. The van der Waals surface area contributed by atoms with Gasteiger partial charge in [0, 0.05) is 29.7 Å². The summed E-state index contributed by atoms with van der Waals surface area (Å²) in [5.74, 6) is -0.0447. The first-order valence-electron chi connectivity index (χ1n) is 8.14. The second-order valence-corrected chi connectivity index (χ2v) is 6.71. The summed E-state index contributed by atoms with van der Waals surface area (Å²) in [4.78, 5) is 14.8. The molecule has 0 unspecified atom stereocenters. The van der Waals surface area contributed by atoms with Gasteiger partial charge in [0.25, 0.3) is 5.91 Å². The molecule has 1 amide bonds. The molecular formula is C19H21BrN2O2. The number of morpholine rings is 1. The molecular weight excluding hydrogens is 368 g/mol. The molecule has 1 aliphatic rings. The highest BCUT2D eigenvalue weighted by Crippen LogP contribution is 2.21. The number of carbonyl (C=O) groups is 1. The van der Waals surface area contributed by atoms with Crippen molar-refractivity contribution in [3.63, 3.8) is 0 Å². The first kappa shape index (κ1) is 17.1. The predicted molar refractivity (Wildman–Crippen MR) is 98.1 cm³/mol. The Hall–Kier alpha value is -1.69. The fraction of sp³-hybridized carbons (Fsp3) is 0.316. The van der Waals surface area contributed by atoms with Gasteiger partial charge in [-0.3, -0.25) is 9.69 Å². The summed E-state index contributed by atoms with van der Waals surface area (Å²) in [7, 11) is 0. The van der Waals surface area contributed by atoms with Crippen LogP contribution in [0.5, 0.6) is 0 Å². The van der Waals surface area contributed by atoms with Gasteiger partial charge in [-0.05, 0) is 29.8 Å². The van der Waals surface area contributed by atoms with Crippen LogP contribution < -0.4 is 5.32 Å². The van der Waals surface area contributed by atoms with E-state index in [1.807, 2.05) is 42.5 Å². The number of rotatable bonds is 5. The monoisotopic (exact) mass is 388 g/mol. The van der Waals surface area contributed by atoms with Gasteiger partial charge in [0.2, 0.25) is 0 Å². The molecule has 0 spiro atoms. The molecule has 0 bridgehead atoms. The van der Waals surface area contributed by atoms with E-state index in [4.69, 9.17) is 4.74 Å². The molecule has 24 heavy (non-hydrogen) atoms. The van der Waals surface area contributed by atoms with Gasteiger partial charge in [-0.25, -0.2) is 0 Å². The van der Waals surface area contributed by atoms with Gasteiger partial charge >= 0.3 is 0 Å². The quantitative estimate of drug-likeness (QED) is 0.854. The molecule has 0 saturated carbocycles. The number of halogens is 1. The van der Waals surface area contributed by atoms with Crippen molar-refractivity contribution in [2.75, 3.05) is 32.8 Å². The summed E-state index contributed by atoms with van der Waals surface area (Å²) in [6.45, 7) is 3.83. The first-order valence-corrected chi connectivity index (χ1v) is 8.94. The Morgan fingerprint density at radius 1 is 1.08 bits per heavy atom. The van der Waals surface area contributed by atoms with Crippen LogP contribution in [0.3, 0.4) is 0 Å². The van der Waals surface area contributed by atoms with E-state index in [1.165, 1.54) is 5.56 Å². The molecule has 1 aliphatic heterocycles. The number of hydrogen-bond donors (Lipinski definition) is 1.